The molecule has 0 radical (unpaired) electrons. The molecular formula is C10H11F2NO2. The minimum atomic E-state index is -0.945. The van der Waals surface area contributed by atoms with E-state index in [1.165, 1.54) is 13.2 Å². The standard InChI is InChI=1S/C10H11F2NO2/c1-5-9(13-14-2)6-3-4-7(11)8(12)10(6)15-5/h3-5,9,13H,1-2H3. The summed E-state index contributed by atoms with van der Waals surface area (Å²) in [5, 5.41) is 0. The van der Waals surface area contributed by atoms with E-state index in [9.17, 15) is 8.78 Å². The van der Waals surface area contributed by atoms with Gasteiger partial charge in [0.15, 0.2) is 11.6 Å². The number of hydrogen-bond acceptors (Lipinski definition) is 3. The van der Waals surface area contributed by atoms with Crippen LogP contribution in [-0.4, -0.2) is 13.2 Å². The molecule has 82 valence electrons. The molecule has 0 saturated carbocycles. The van der Waals surface area contributed by atoms with Gasteiger partial charge in [-0.15, -0.1) is 0 Å². The maximum absolute atomic E-state index is 13.3. The largest absolute Gasteiger partial charge is 0.485 e. The molecule has 2 unspecified atom stereocenters. The van der Waals surface area contributed by atoms with E-state index in [4.69, 9.17) is 9.57 Å². The molecule has 2 rings (SSSR count). The summed E-state index contributed by atoms with van der Waals surface area (Å²) in [6.45, 7) is 1.76. The van der Waals surface area contributed by atoms with E-state index < -0.39 is 11.6 Å². The first-order valence-electron chi connectivity index (χ1n) is 4.58. The first kappa shape index (κ1) is 10.3. The molecule has 1 N–H and O–H groups in total. The Morgan fingerprint density at radius 2 is 2.13 bits per heavy atom. The summed E-state index contributed by atoms with van der Waals surface area (Å²) < 4.78 is 31.5. The van der Waals surface area contributed by atoms with E-state index in [1.54, 1.807) is 6.92 Å². The van der Waals surface area contributed by atoms with Gasteiger partial charge in [0, 0.05) is 5.56 Å². The van der Waals surface area contributed by atoms with E-state index >= 15 is 0 Å². The highest BCUT2D eigenvalue weighted by atomic mass is 19.2. The van der Waals surface area contributed by atoms with E-state index in [0.717, 1.165) is 6.07 Å². The smallest absolute Gasteiger partial charge is 0.200 e. The lowest BCUT2D eigenvalue weighted by Crippen LogP contribution is -2.27. The molecule has 0 bridgehead atoms. The molecule has 0 saturated heterocycles. The lowest BCUT2D eigenvalue weighted by molar-refractivity contribution is 0.0335. The van der Waals surface area contributed by atoms with Crippen LogP contribution in [0, 0.1) is 11.6 Å². The third-order valence-corrected chi connectivity index (χ3v) is 2.43. The molecule has 5 heteroatoms. The molecule has 1 aliphatic rings. The highest BCUT2D eigenvalue weighted by molar-refractivity contribution is 5.42. The maximum Gasteiger partial charge on any atom is 0.200 e. The van der Waals surface area contributed by atoms with Crippen LogP contribution in [-0.2, 0) is 4.84 Å². The predicted molar refractivity (Wildman–Crippen MR) is 49.3 cm³/mol. The molecule has 15 heavy (non-hydrogen) atoms. The van der Waals surface area contributed by atoms with Crippen molar-refractivity contribution in [3.8, 4) is 5.75 Å². The fourth-order valence-electron chi connectivity index (χ4n) is 1.70. The highest BCUT2D eigenvalue weighted by Crippen LogP contribution is 2.39. The van der Waals surface area contributed by atoms with E-state index in [-0.39, 0.29) is 17.9 Å². The zero-order chi connectivity index (χ0) is 11.0. The van der Waals surface area contributed by atoms with E-state index in [0.29, 0.717) is 5.56 Å². The first-order chi connectivity index (χ1) is 7.15. The second-order valence-electron chi connectivity index (χ2n) is 3.40. The molecule has 1 aromatic rings. The van der Waals surface area contributed by atoms with Gasteiger partial charge in [-0.05, 0) is 13.0 Å². The molecule has 1 aliphatic heterocycles. The molecule has 1 aromatic carbocycles. The number of hydrogen-bond donors (Lipinski definition) is 1. The molecule has 0 amide bonds. The molecule has 3 nitrogen and oxygen atoms in total. The minimum Gasteiger partial charge on any atom is -0.485 e. The normalized spacial score (nSPS) is 23.7. The fraction of sp³-hybridized carbons (Fsp3) is 0.400. The Morgan fingerprint density at radius 1 is 1.40 bits per heavy atom. The van der Waals surface area contributed by atoms with Crippen molar-refractivity contribution in [3.05, 3.63) is 29.3 Å². The second kappa shape index (κ2) is 3.75. The molecule has 0 spiro atoms. The second-order valence-corrected chi connectivity index (χ2v) is 3.40. The predicted octanol–water partition coefficient (Wildman–Crippen LogP) is 1.94. The average molecular weight is 215 g/mol. The van der Waals surface area contributed by atoms with Crippen LogP contribution in [0.25, 0.3) is 0 Å². The summed E-state index contributed by atoms with van der Waals surface area (Å²) >= 11 is 0. The van der Waals surface area contributed by atoms with Gasteiger partial charge in [0.1, 0.15) is 6.10 Å². The SMILES string of the molecule is CONC1c2ccc(F)c(F)c2OC1C. The molecule has 2 atom stereocenters. The summed E-state index contributed by atoms with van der Waals surface area (Å²) in [7, 11) is 1.46. The van der Waals surface area contributed by atoms with Crippen LogP contribution in [0.3, 0.4) is 0 Å². The van der Waals surface area contributed by atoms with Crippen molar-refractivity contribution >= 4 is 0 Å². The van der Waals surface area contributed by atoms with Crippen LogP contribution in [0.2, 0.25) is 0 Å². The number of ether oxygens (including phenoxy) is 1. The van der Waals surface area contributed by atoms with Gasteiger partial charge in [-0.25, -0.2) is 4.39 Å². The Morgan fingerprint density at radius 3 is 2.80 bits per heavy atom. The number of benzene rings is 1. The van der Waals surface area contributed by atoms with Crippen LogP contribution in [0.4, 0.5) is 8.78 Å². The number of nitrogens with one attached hydrogen (secondary N) is 1. The topological polar surface area (TPSA) is 30.5 Å². The van der Waals surface area contributed by atoms with E-state index in [2.05, 4.69) is 5.48 Å². The first-order valence-corrected chi connectivity index (χ1v) is 4.58. The average Bonchev–Trinajstić information content (AvgIpc) is 2.52. The van der Waals surface area contributed by atoms with Crippen LogP contribution < -0.4 is 10.2 Å². The van der Waals surface area contributed by atoms with Crippen LogP contribution in [0.1, 0.15) is 18.5 Å². The van der Waals surface area contributed by atoms with Gasteiger partial charge in [-0.1, -0.05) is 6.07 Å². The third kappa shape index (κ3) is 1.57. The van der Waals surface area contributed by atoms with Gasteiger partial charge in [0.05, 0.1) is 13.2 Å². The monoisotopic (exact) mass is 215 g/mol. The molecule has 0 aromatic heterocycles. The molecule has 0 fully saturated rings. The highest BCUT2D eigenvalue weighted by Gasteiger charge is 2.34. The summed E-state index contributed by atoms with van der Waals surface area (Å²) in [6.07, 6.45) is -0.295. The zero-order valence-corrected chi connectivity index (χ0v) is 8.38. The van der Waals surface area contributed by atoms with Crippen molar-refractivity contribution in [1.29, 1.82) is 0 Å². The lowest BCUT2D eigenvalue weighted by atomic mass is 10.1. The minimum absolute atomic E-state index is 0.0305. The third-order valence-electron chi connectivity index (χ3n) is 2.43. The lowest BCUT2D eigenvalue weighted by Gasteiger charge is -2.14. The van der Waals surface area contributed by atoms with Gasteiger partial charge in [-0.2, -0.15) is 9.87 Å². The molecule has 0 aliphatic carbocycles. The molecular weight excluding hydrogens is 204 g/mol. The van der Waals surface area contributed by atoms with Crippen LogP contribution in [0.5, 0.6) is 5.75 Å². The molecule has 1 heterocycles. The fourth-order valence-corrected chi connectivity index (χ4v) is 1.70. The van der Waals surface area contributed by atoms with Crippen molar-refractivity contribution in [3.63, 3.8) is 0 Å². The van der Waals surface area contributed by atoms with Crippen LogP contribution in [0.15, 0.2) is 12.1 Å². The Bertz CT molecular complexity index is 384. The van der Waals surface area contributed by atoms with Crippen molar-refractivity contribution in [1.82, 2.24) is 5.48 Å². The zero-order valence-electron chi connectivity index (χ0n) is 8.38. The number of fused-ring (bicyclic) bond motifs is 1. The number of hydroxylamine groups is 1. The maximum atomic E-state index is 13.3. The van der Waals surface area contributed by atoms with E-state index in [1.807, 2.05) is 0 Å². The summed E-state index contributed by atoms with van der Waals surface area (Å²) in [6, 6.07) is 2.30. The Balaban J connectivity index is 2.42. The Kier molecular flexibility index (Phi) is 2.58. The van der Waals surface area contributed by atoms with Gasteiger partial charge in [0.25, 0.3) is 0 Å². The van der Waals surface area contributed by atoms with Crippen LogP contribution >= 0.6 is 0 Å². The summed E-state index contributed by atoms with van der Waals surface area (Å²) in [5.41, 5.74) is 3.26. The summed E-state index contributed by atoms with van der Waals surface area (Å²) in [4.78, 5) is 4.78. The van der Waals surface area contributed by atoms with Gasteiger partial charge >= 0.3 is 0 Å². The number of halogens is 2. The van der Waals surface area contributed by atoms with Gasteiger partial charge in [0.2, 0.25) is 5.82 Å². The van der Waals surface area contributed by atoms with Crippen molar-refractivity contribution < 1.29 is 18.4 Å². The van der Waals surface area contributed by atoms with Gasteiger partial charge in [-0.3, -0.25) is 0 Å². The summed E-state index contributed by atoms with van der Waals surface area (Å²) in [5.74, 6) is -1.88. The van der Waals surface area contributed by atoms with Gasteiger partial charge < -0.3 is 9.57 Å². The van der Waals surface area contributed by atoms with Crippen molar-refractivity contribution in [2.45, 2.75) is 19.1 Å². The Hall–Kier alpha value is -1.20. The van der Waals surface area contributed by atoms with Crippen molar-refractivity contribution in [2.75, 3.05) is 7.11 Å². The van der Waals surface area contributed by atoms with Crippen molar-refractivity contribution in [2.24, 2.45) is 0 Å². The Labute approximate surface area is 85.9 Å². The quantitative estimate of drug-likeness (QED) is 0.765. The number of rotatable bonds is 2.